The van der Waals surface area contributed by atoms with E-state index in [9.17, 15) is 23.1 Å². The molecule has 4 N–H and O–H groups in total. The number of ether oxygens (including phenoxy) is 1. The van der Waals surface area contributed by atoms with E-state index < -0.39 is 35.7 Å². The van der Waals surface area contributed by atoms with Crippen LogP contribution >= 0.6 is 11.6 Å². The molecule has 2 saturated heterocycles. The molecule has 5 aromatic rings. The maximum atomic E-state index is 15.3. The molecule has 0 unspecified atom stereocenters. The third-order valence-electron chi connectivity index (χ3n) is 10.7. The van der Waals surface area contributed by atoms with E-state index in [-0.39, 0.29) is 41.4 Å². The third kappa shape index (κ3) is 7.33. The van der Waals surface area contributed by atoms with Gasteiger partial charge in [-0.05, 0) is 72.7 Å². The number of hydrogen-bond donors (Lipinski definition) is 3. The van der Waals surface area contributed by atoms with Gasteiger partial charge in [0.25, 0.3) is 0 Å². The number of aliphatic hydroxyl groups excluding tert-OH is 1. The number of nitrogens with two attached hydrogens (primary N) is 1. The van der Waals surface area contributed by atoms with E-state index >= 15 is 4.39 Å². The van der Waals surface area contributed by atoms with Crippen LogP contribution in [-0.2, 0) is 30.5 Å². The van der Waals surface area contributed by atoms with Gasteiger partial charge in [0.2, 0.25) is 17.7 Å². The van der Waals surface area contributed by atoms with E-state index in [1.165, 1.54) is 13.2 Å². The van der Waals surface area contributed by atoms with E-state index in [0.717, 1.165) is 16.7 Å². The Morgan fingerprint density at radius 3 is 2.49 bits per heavy atom. The van der Waals surface area contributed by atoms with Gasteiger partial charge in [0.05, 0.1) is 35.8 Å². The number of nitrogens with zero attached hydrogens (tertiary/aromatic N) is 5. The van der Waals surface area contributed by atoms with E-state index in [0.29, 0.717) is 85.6 Å². The van der Waals surface area contributed by atoms with Crippen molar-refractivity contribution in [2.75, 3.05) is 38.6 Å². The second-order valence-electron chi connectivity index (χ2n) is 14.4. The number of alkyl halides is 3. The Bertz CT molecular complexity index is 2290. The number of benzene rings is 3. The largest absolute Gasteiger partial charge is 0.480 e. The normalized spacial score (nSPS) is 20.4. The number of likely N-dealkylation sites (tertiary alicyclic amines) is 2. The summed E-state index contributed by atoms with van der Waals surface area (Å²) in [7, 11) is 1.34. The molecule has 2 aromatic heterocycles. The third-order valence-corrected chi connectivity index (χ3v) is 11.1. The standard InChI is InChI=1S/C39H38ClF4N7O4/c1-54-38-31(19-51-13-11-22(52)18-51)46-34(39(42,43)44)36(49-38)47-29-9-8-24-23(4-2-5-25(24)29)26-6-3-7-27(32(26)40)37-48-30-15-20(14-28(41)33(30)55-37)16-50-12-10-21(17-50)35(45)53/h2-7,14-15,21-22,29,52H,8-13,16-19H2,1H3,(H2,45,53)(H,47,49)/t21-,22-,29-/m1/s1. The fourth-order valence-corrected chi connectivity index (χ4v) is 8.34. The average molecular weight is 780 g/mol. The van der Waals surface area contributed by atoms with Gasteiger partial charge in [0, 0.05) is 38.3 Å². The predicted molar refractivity (Wildman–Crippen MR) is 197 cm³/mol. The van der Waals surface area contributed by atoms with E-state index in [1.807, 2.05) is 29.2 Å². The van der Waals surface area contributed by atoms with Gasteiger partial charge in [-0.15, -0.1) is 0 Å². The number of fused-ring (bicyclic) bond motifs is 2. The molecule has 3 atom stereocenters. The van der Waals surface area contributed by atoms with Crippen LogP contribution in [0.4, 0.5) is 23.4 Å². The highest BCUT2D eigenvalue weighted by atomic mass is 35.5. The summed E-state index contributed by atoms with van der Waals surface area (Å²) in [5.41, 5.74) is 8.98. The van der Waals surface area contributed by atoms with Crippen LogP contribution in [0.2, 0.25) is 5.02 Å². The highest BCUT2D eigenvalue weighted by Crippen LogP contribution is 2.45. The maximum absolute atomic E-state index is 15.3. The van der Waals surface area contributed by atoms with Gasteiger partial charge in [0.15, 0.2) is 22.9 Å². The number of nitrogens with one attached hydrogen (secondary N) is 1. The van der Waals surface area contributed by atoms with Crippen molar-refractivity contribution in [2.45, 2.75) is 57.1 Å². The smallest absolute Gasteiger partial charge is 0.437 e. The summed E-state index contributed by atoms with van der Waals surface area (Å²) < 4.78 is 70.0. The summed E-state index contributed by atoms with van der Waals surface area (Å²) in [6.45, 7) is 2.53. The lowest BCUT2D eigenvalue weighted by atomic mass is 9.95. The minimum Gasteiger partial charge on any atom is -0.480 e. The van der Waals surface area contributed by atoms with Gasteiger partial charge in [-0.1, -0.05) is 41.9 Å². The molecule has 11 nitrogen and oxygen atoms in total. The number of methoxy groups -OCH3 is 1. The minimum atomic E-state index is -4.79. The molecular formula is C39H38ClF4N7O4. The lowest BCUT2D eigenvalue weighted by Gasteiger charge is -2.22. The molecule has 0 spiro atoms. The number of oxazole rings is 1. The quantitative estimate of drug-likeness (QED) is 0.130. The van der Waals surface area contributed by atoms with E-state index in [2.05, 4.69) is 25.2 Å². The molecule has 3 aliphatic rings. The molecule has 288 valence electrons. The van der Waals surface area contributed by atoms with Crippen LogP contribution in [0.15, 0.2) is 52.9 Å². The lowest BCUT2D eigenvalue weighted by molar-refractivity contribution is -0.141. The Morgan fingerprint density at radius 2 is 1.76 bits per heavy atom. The maximum Gasteiger partial charge on any atom is 0.437 e. The van der Waals surface area contributed by atoms with Crippen molar-refractivity contribution in [1.29, 1.82) is 0 Å². The number of primary amides is 1. The summed E-state index contributed by atoms with van der Waals surface area (Å²) in [5.74, 6) is -1.45. The molecule has 1 aliphatic carbocycles. The van der Waals surface area contributed by atoms with Crippen molar-refractivity contribution in [1.82, 2.24) is 24.8 Å². The number of carbonyl (C=O) groups excluding carboxylic acids is 1. The molecule has 1 amide bonds. The highest BCUT2D eigenvalue weighted by molar-refractivity contribution is 6.36. The van der Waals surface area contributed by atoms with E-state index in [1.54, 1.807) is 18.2 Å². The van der Waals surface area contributed by atoms with Gasteiger partial charge < -0.3 is 25.3 Å². The van der Waals surface area contributed by atoms with Crippen LogP contribution in [0.3, 0.4) is 0 Å². The Kier molecular flexibility index (Phi) is 9.90. The number of carbonyl (C=O) groups is 1. The SMILES string of the molecule is COc1nc(N[C@@H]2CCc3c(-c4cccc(-c5nc6cc(CN7CC[C@@H](C(N)=O)C7)cc(F)c6o5)c4Cl)cccc32)c(C(F)(F)F)nc1CN1CC[C@@H](O)C1. The fraction of sp³-hybridized carbons (Fsp3) is 0.385. The van der Waals surface area contributed by atoms with Crippen LogP contribution in [0, 0.1) is 11.7 Å². The summed E-state index contributed by atoms with van der Waals surface area (Å²) in [6.07, 6.45) is -3.13. The van der Waals surface area contributed by atoms with Crippen molar-refractivity contribution >= 4 is 34.4 Å². The molecule has 0 saturated carbocycles. The minimum absolute atomic E-state index is 0.00740. The van der Waals surface area contributed by atoms with Crippen LogP contribution in [0.25, 0.3) is 33.7 Å². The Balaban J connectivity index is 1.07. The van der Waals surface area contributed by atoms with Gasteiger partial charge in [-0.3, -0.25) is 14.6 Å². The monoisotopic (exact) mass is 779 g/mol. The number of hydrogen-bond acceptors (Lipinski definition) is 10. The number of β-amino-alcohol motifs (C(OH)–C–C–N with tert-alkyl or cyclic N) is 1. The number of rotatable bonds is 10. The van der Waals surface area contributed by atoms with Crippen molar-refractivity contribution in [3.05, 3.63) is 87.4 Å². The van der Waals surface area contributed by atoms with Gasteiger partial charge in [0.1, 0.15) is 11.2 Å². The summed E-state index contributed by atoms with van der Waals surface area (Å²) in [6, 6.07) is 13.6. The number of amides is 1. The van der Waals surface area contributed by atoms with Crippen molar-refractivity contribution in [3.63, 3.8) is 0 Å². The molecule has 3 aromatic carbocycles. The molecule has 0 bridgehead atoms. The zero-order chi connectivity index (χ0) is 38.6. The average Bonchev–Trinajstić information content (AvgIpc) is 3.96. The first kappa shape index (κ1) is 37.1. The second-order valence-corrected chi connectivity index (χ2v) is 14.8. The molecule has 4 heterocycles. The Labute approximate surface area is 318 Å². The Hall–Kier alpha value is -4.83. The molecule has 55 heavy (non-hydrogen) atoms. The van der Waals surface area contributed by atoms with Gasteiger partial charge >= 0.3 is 6.18 Å². The highest BCUT2D eigenvalue weighted by Gasteiger charge is 2.40. The zero-order valence-electron chi connectivity index (χ0n) is 29.8. The van der Waals surface area contributed by atoms with Crippen molar-refractivity contribution < 1.29 is 36.6 Å². The molecule has 8 rings (SSSR count). The number of halogens is 5. The predicted octanol–water partition coefficient (Wildman–Crippen LogP) is 6.74. The molecule has 2 aliphatic heterocycles. The first-order valence-corrected chi connectivity index (χ1v) is 18.4. The molecular weight excluding hydrogens is 742 g/mol. The van der Waals surface area contributed by atoms with Crippen LogP contribution in [-0.4, -0.2) is 75.2 Å². The second kappa shape index (κ2) is 14.7. The molecule has 0 radical (unpaired) electrons. The number of aromatic nitrogens is 3. The van der Waals surface area contributed by atoms with Crippen molar-refractivity contribution in [2.24, 2.45) is 11.7 Å². The van der Waals surface area contributed by atoms with Gasteiger partial charge in [-0.25, -0.2) is 14.4 Å². The first-order chi connectivity index (χ1) is 26.4. The van der Waals surface area contributed by atoms with E-state index in [4.69, 9.17) is 26.5 Å². The summed E-state index contributed by atoms with van der Waals surface area (Å²) in [5, 5.41) is 13.2. The van der Waals surface area contributed by atoms with Crippen LogP contribution in [0.5, 0.6) is 5.88 Å². The van der Waals surface area contributed by atoms with Crippen LogP contribution in [0.1, 0.15) is 53.4 Å². The Morgan fingerprint density at radius 1 is 1.02 bits per heavy atom. The zero-order valence-corrected chi connectivity index (χ0v) is 30.6. The number of aliphatic hydroxyl groups is 1. The lowest BCUT2D eigenvalue weighted by Crippen LogP contribution is -2.27. The van der Waals surface area contributed by atoms with Crippen molar-refractivity contribution in [3.8, 4) is 28.5 Å². The van der Waals surface area contributed by atoms with Gasteiger partial charge in [-0.2, -0.15) is 18.2 Å². The fourth-order valence-electron chi connectivity index (χ4n) is 8.03. The summed E-state index contributed by atoms with van der Waals surface area (Å²) in [4.78, 5) is 28.4. The first-order valence-electron chi connectivity index (χ1n) is 18.1. The summed E-state index contributed by atoms with van der Waals surface area (Å²) >= 11 is 7.06. The van der Waals surface area contributed by atoms with Crippen LogP contribution < -0.4 is 15.8 Å². The molecule has 2 fully saturated rings. The topological polar surface area (TPSA) is 143 Å². The molecule has 16 heteroatoms. The number of anilines is 1.